The Hall–Kier alpha value is -2.70. The number of fused-ring (bicyclic) bond motifs is 1. The molecular formula is C14H15N3O4. The van der Waals surface area contributed by atoms with Gasteiger partial charge in [-0.2, -0.15) is 4.98 Å². The number of hydrogen-bond donors (Lipinski definition) is 2. The van der Waals surface area contributed by atoms with E-state index in [1.165, 1.54) is 0 Å². The predicted octanol–water partition coefficient (Wildman–Crippen LogP) is 2.34. The number of ether oxygens (including phenoxy) is 2. The van der Waals surface area contributed by atoms with Crippen LogP contribution >= 0.6 is 0 Å². The molecule has 7 nitrogen and oxygen atoms in total. The van der Waals surface area contributed by atoms with Crippen molar-refractivity contribution < 1.29 is 18.7 Å². The summed E-state index contributed by atoms with van der Waals surface area (Å²) in [5, 5.41) is 5.26. The topological polar surface area (TPSA) is 85.6 Å². The number of oxazole rings is 1. The molecule has 0 saturated carbocycles. The van der Waals surface area contributed by atoms with Gasteiger partial charge in [-0.15, -0.1) is 0 Å². The van der Waals surface area contributed by atoms with E-state index in [9.17, 15) is 4.79 Å². The van der Waals surface area contributed by atoms with Gasteiger partial charge in [0.05, 0.1) is 5.69 Å². The average molecular weight is 289 g/mol. The summed E-state index contributed by atoms with van der Waals surface area (Å²) in [4.78, 5) is 15.9. The largest absolute Gasteiger partial charge is 0.454 e. The molecule has 1 aliphatic rings. The summed E-state index contributed by atoms with van der Waals surface area (Å²) in [6.07, 6.45) is 0. The quantitative estimate of drug-likeness (QED) is 0.905. The molecule has 0 fully saturated rings. The number of nitrogens with zero attached hydrogens (tertiary/aromatic N) is 1. The maximum atomic E-state index is 11.8. The van der Waals surface area contributed by atoms with Crippen molar-refractivity contribution in [1.82, 2.24) is 10.3 Å². The van der Waals surface area contributed by atoms with Gasteiger partial charge in [0.15, 0.2) is 11.5 Å². The van der Waals surface area contributed by atoms with E-state index in [2.05, 4.69) is 15.6 Å². The van der Waals surface area contributed by atoms with Gasteiger partial charge in [-0.1, -0.05) is 12.1 Å². The van der Waals surface area contributed by atoms with Gasteiger partial charge in [0, 0.05) is 12.1 Å². The van der Waals surface area contributed by atoms with Gasteiger partial charge in [-0.3, -0.25) is 5.32 Å². The van der Waals surface area contributed by atoms with Gasteiger partial charge in [-0.05, 0) is 19.9 Å². The smallest absolute Gasteiger partial charge is 0.323 e. The van der Waals surface area contributed by atoms with Crippen LogP contribution in [-0.4, -0.2) is 17.8 Å². The van der Waals surface area contributed by atoms with Crippen molar-refractivity contribution in [2.45, 2.75) is 20.4 Å². The number of anilines is 1. The fourth-order valence-corrected chi connectivity index (χ4v) is 1.97. The lowest BCUT2D eigenvalue weighted by molar-refractivity contribution is 0.173. The molecule has 2 aromatic rings. The molecular weight excluding hydrogens is 274 g/mol. The molecule has 0 bridgehead atoms. The number of hydrogen-bond acceptors (Lipinski definition) is 5. The first kappa shape index (κ1) is 13.3. The van der Waals surface area contributed by atoms with E-state index in [-0.39, 0.29) is 12.8 Å². The highest BCUT2D eigenvalue weighted by molar-refractivity contribution is 5.87. The van der Waals surface area contributed by atoms with E-state index in [4.69, 9.17) is 13.9 Å². The third-order valence-electron chi connectivity index (χ3n) is 3.17. The highest BCUT2D eigenvalue weighted by Crippen LogP contribution is 2.35. The second kappa shape index (κ2) is 5.35. The zero-order valence-electron chi connectivity index (χ0n) is 11.7. The summed E-state index contributed by atoms with van der Waals surface area (Å²) in [5.41, 5.74) is 1.59. The van der Waals surface area contributed by atoms with Crippen molar-refractivity contribution >= 4 is 12.0 Å². The normalized spacial score (nSPS) is 12.3. The summed E-state index contributed by atoms with van der Waals surface area (Å²) in [6.45, 7) is 4.12. The molecule has 0 unspecified atom stereocenters. The zero-order valence-corrected chi connectivity index (χ0v) is 11.7. The zero-order chi connectivity index (χ0) is 14.8. The summed E-state index contributed by atoms with van der Waals surface area (Å²) in [7, 11) is 0. The molecule has 0 aliphatic carbocycles. The Morgan fingerprint density at radius 3 is 2.95 bits per heavy atom. The Bertz CT molecular complexity index is 661. The molecule has 1 aromatic carbocycles. The molecule has 3 rings (SSSR count). The third kappa shape index (κ3) is 2.76. The summed E-state index contributed by atoms with van der Waals surface area (Å²) >= 11 is 0. The van der Waals surface area contributed by atoms with Gasteiger partial charge in [-0.25, -0.2) is 4.79 Å². The van der Waals surface area contributed by atoms with E-state index in [1.807, 2.05) is 25.1 Å². The van der Waals surface area contributed by atoms with Crippen LogP contribution < -0.4 is 20.1 Å². The molecule has 0 radical (unpaired) electrons. The Labute approximate surface area is 121 Å². The first-order valence-electron chi connectivity index (χ1n) is 6.50. The Morgan fingerprint density at radius 2 is 2.19 bits per heavy atom. The number of benzene rings is 1. The molecule has 0 spiro atoms. The van der Waals surface area contributed by atoms with Gasteiger partial charge < -0.3 is 19.2 Å². The monoisotopic (exact) mass is 289 g/mol. The first-order chi connectivity index (χ1) is 10.1. The number of para-hydroxylation sites is 1. The molecule has 0 atom stereocenters. The minimum absolute atomic E-state index is 0.181. The molecule has 2 N–H and O–H groups in total. The van der Waals surface area contributed by atoms with Gasteiger partial charge in [0.1, 0.15) is 5.76 Å². The van der Waals surface area contributed by atoms with Crippen LogP contribution in [0.3, 0.4) is 0 Å². The number of aromatic nitrogens is 1. The lowest BCUT2D eigenvalue weighted by Crippen LogP contribution is -2.28. The molecule has 0 saturated heterocycles. The molecule has 2 heterocycles. The number of nitrogens with one attached hydrogen (secondary N) is 2. The van der Waals surface area contributed by atoms with Crippen LogP contribution in [0.25, 0.3) is 0 Å². The van der Waals surface area contributed by atoms with Gasteiger partial charge in [0.2, 0.25) is 6.79 Å². The minimum Gasteiger partial charge on any atom is -0.454 e. The maximum Gasteiger partial charge on any atom is 0.323 e. The summed E-state index contributed by atoms with van der Waals surface area (Å²) < 4.78 is 15.9. The standard InChI is InChI=1S/C14H15N3O4/c1-8-9(2)21-14(16-8)17-13(18)15-6-10-4-3-5-11-12(10)20-7-19-11/h3-5H,6-7H2,1-2H3,(H2,15,16,17,18). The van der Waals surface area contributed by atoms with E-state index >= 15 is 0 Å². The fourth-order valence-electron chi connectivity index (χ4n) is 1.97. The summed E-state index contributed by atoms with van der Waals surface area (Å²) in [6, 6.07) is 5.33. The van der Waals surface area contributed by atoms with E-state index in [0.29, 0.717) is 23.8 Å². The van der Waals surface area contributed by atoms with Crippen LogP contribution in [0.15, 0.2) is 22.6 Å². The van der Waals surface area contributed by atoms with Crippen LogP contribution in [0.4, 0.5) is 10.8 Å². The number of carbonyl (C=O) groups is 1. The second-order valence-corrected chi connectivity index (χ2v) is 4.62. The molecule has 1 aliphatic heterocycles. The van der Waals surface area contributed by atoms with Crippen molar-refractivity contribution in [3.63, 3.8) is 0 Å². The second-order valence-electron chi connectivity index (χ2n) is 4.62. The van der Waals surface area contributed by atoms with Crippen LogP contribution in [-0.2, 0) is 6.54 Å². The van der Waals surface area contributed by atoms with Crippen molar-refractivity contribution in [1.29, 1.82) is 0 Å². The SMILES string of the molecule is Cc1nc(NC(=O)NCc2cccc3c2OCO3)oc1C. The van der Waals surface area contributed by atoms with E-state index < -0.39 is 6.03 Å². The number of amides is 2. The van der Waals surface area contributed by atoms with Crippen LogP contribution in [0.5, 0.6) is 11.5 Å². The number of carbonyl (C=O) groups excluding carboxylic acids is 1. The molecule has 110 valence electrons. The van der Waals surface area contributed by atoms with Crippen LogP contribution in [0.1, 0.15) is 17.0 Å². The third-order valence-corrected chi connectivity index (χ3v) is 3.17. The van der Waals surface area contributed by atoms with Crippen molar-refractivity contribution in [2.24, 2.45) is 0 Å². The number of aryl methyl sites for hydroxylation is 2. The van der Waals surface area contributed by atoms with E-state index in [0.717, 1.165) is 11.3 Å². The fraction of sp³-hybridized carbons (Fsp3) is 0.286. The lowest BCUT2D eigenvalue weighted by atomic mass is 10.2. The first-order valence-corrected chi connectivity index (χ1v) is 6.50. The highest BCUT2D eigenvalue weighted by atomic mass is 16.7. The van der Waals surface area contributed by atoms with Crippen molar-refractivity contribution in [3.05, 3.63) is 35.2 Å². The molecule has 7 heteroatoms. The molecule has 1 aromatic heterocycles. The van der Waals surface area contributed by atoms with Crippen molar-refractivity contribution in [3.8, 4) is 11.5 Å². The highest BCUT2D eigenvalue weighted by Gasteiger charge is 2.17. The Morgan fingerprint density at radius 1 is 1.33 bits per heavy atom. The Balaban J connectivity index is 1.60. The lowest BCUT2D eigenvalue weighted by Gasteiger charge is -2.07. The number of urea groups is 1. The average Bonchev–Trinajstić information content (AvgIpc) is 3.04. The minimum atomic E-state index is -0.396. The summed E-state index contributed by atoms with van der Waals surface area (Å²) in [5.74, 6) is 2.03. The number of rotatable bonds is 3. The van der Waals surface area contributed by atoms with Gasteiger partial charge in [0.25, 0.3) is 0 Å². The van der Waals surface area contributed by atoms with E-state index in [1.54, 1.807) is 6.92 Å². The molecule has 2 amide bonds. The van der Waals surface area contributed by atoms with Crippen LogP contribution in [0, 0.1) is 13.8 Å². The van der Waals surface area contributed by atoms with Crippen LogP contribution in [0.2, 0.25) is 0 Å². The Kier molecular flexibility index (Phi) is 3.39. The molecule has 21 heavy (non-hydrogen) atoms. The van der Waals surface area contributed by atoms with Crippen molar-refractivity contribution in [2.75, 3.05) is 12.1 Å². The van der Waals surface area contributed by atoms with Gasteiger partial charge >= 0.3 is 12.0 Å². The predicted molar refractivity (Wildman–Crippen MR) is 74.4 cm³/mol. The maximum absolute atomic E-state index is 11.8.